The molecule has 0 spiro atoms. The van der Waals surface area contributed by atoms with Crippen molar-refractivity contribution >= 4 is 28.6 Å². The van der Waals surface area contributed by atoms with Crippen LogP contribution in [0, 0.1) is 5.92 Å². The van der Waals surface area contributed by atoms with Gasteiger partial charge in [-0.2, -0.15) is 4.80 Å². The molecule has 1 aliphatic carbocycles. The van der Waals surface area contributed by atoms with Gasteiger partial charge < -0.3 is 14.6 Å². The first-order chi connectivity index (χ1) is 21.2. The zero-order chi connectivity index (χ0) is 30.4. The molecule has 0 radical (unpaired) electrons. The molecule has 2 fully saturated rings. The van der Waals surface area contributed by atoms with Gasteiger partial charge in [0.05, 0.1) is 13.1 Å². The van der Waals surface area contributed by atoms with E-state index < -0.39 is 24.2 Å². The second kappa shape index (κ2) is 10.9. The third kappa shape index (κ3) is 5.39. The Morgan fingerprint density at radius 1 is 1.05 bits per heavy atom. The zero-order valence-corrected chi connectivity index (χ0v) is 23.6. The minimum absolute atomic E-state index is 0.189. The van der Waals surface area contributed by atoms with Crippen molar-refractivity contribution in [3.63, 3.8) is 0 Å². The molecule has 224 valence electrons. The highest BCUT2D eigenvalue weighted by molar-refractivity contribution is 5.97. The number of aromatic nitrogens is 6. The molecule has 0 unspecified atom stereocenters. The zero-order valence-electron chi connectivity index (χ0n) is 23.6. The number of nitrogens with zero attached hydrogens (tertiary/aromatic N) is 8. The Balaban J connectivity index is 1.04. The van der Waals surface area contributed by atoms with E-state index in [2.05, 4.69) is 35.6 Å². The molecule has 2 atom stereocenters. The van der Waals surface area contributed by atoms with Gasteiger partial charge in [-0.3, -0.25) is 19.5 Å². The predicted molar refractivity (Wildman–Crippen MR) is 153 cm³/mol. The molecule has 2 aromatic carbocycles. The van der Waals surface area contributed by atoms with Crippen LogP contribution in [-0.4, -0.2) is 83.9 Å². The SMILES string of the molecule is Cn1nnc([C@@H](c2ccccc2)N2CCN(C(=O)c3cc(-c4nc5cc(NC(=O)[C@@H]6CC6(F)F)ccc5o4)ccn3)CC2)n1. The summed E-state index contributed by atoms with van der Waals surface area (Å²) in [4.78, 5) is 39.8. The van der Waals surface area contributed by atoms with E-state index in [1.165, 1.54) is 11.0 Å². The van der Waals surface area contributed by atoms with Crippen molar-refractivity contribution < 1.29 is 22.8 Å². The molecular formula is C30H27F2N9O3. The first-order valence-corrected chi connectivity index (χ1v) is 14.1. The van der Waals surface area contributed by atoms with Crippen LogP contribution in [0.5, 0.6) is 0 Å². The summed E-state index contributed by atoms with van der Waals surface area (Å²) >= 11 is 0. The summed E-state index contributed by atoms with van der Waals surface area (Å²) in [5.74, 6) is -4.32. The maximum atomic E-state index is 13.5. The number of amides is 2. The number of anilines is 1. The molecule has 7 rings (SSSR count). The van der Waals surface area contributed by atoms with Crippen LogP contribution >= 0.6 is 0 Å². The van der Waals surface area contributed by atoms with E-state index in [1.54, 1.807) is 42.3 Å². The van der Waals surface area contributed by atoms with Crippen molar-refractivity contribution in [1.82, 2.24) is 40.0 Å². The Hall–Kier alpha value is -5.11. The smallest absolute Gasteiger partial charge is 0.272 e. The Kier molecular flexibility index (Phi) is 6.84. The van der Waals surface area contributed by atoms with Gasteiger partial charge in [0.25, 0.3) is 11.8 Å². The van der Waals surface area contributed by atoms with Gasteiger partial charge in [0, 0.05) is 50.0 Å². The van der Waals surface area contributed by atoms with E-state index >= 15 is 0 Å². The van der Waals surface area contributed by atoms with E-state index in [0.717, 1.165) is 5.56 Å². The highest BCUT2D eigenvalue weighted by Crippen LogP contribution is 2.49. The predicted octanol–water partition coefficient (Wildman–Crippen LogP) is 3.55. The van der Waals surface area contributed by atoms with Crippen molar-refractivity contribution in [3.05, 3.63) is 83.9 Å². The minimum atomic E-state index is -2.95. The quantitative estimate of drug-likeness (QED) is 0.298. The largest absolute Gasteiger partial charge is 0.436 e. The number of hydrogen-bond donors (Lipinski definition) is 1. The Bertz CT molecular complexity index is 1850. The highest BCUT2D eigenvalue weighted by Gasteiger charge is 2.61. The summed E-state index contributed by atoms with van der Waals surface area (Å²) in [6, 6.07) is 17.9. The van der Waals surface area contributed by atoms with Gasteiger partial charge in [0.1, 0.15) is 17.1 Å². The summed E-state index contributed by atoms with van der Waals surface area (Å²) in [6.07, 6.45) is 1.09. The van der Waals surface area contributed by atoms with E-state index in [4.69, 9.17) is 4.42 Å². The number of hydrogen-bond acceptors (Lipinski definition) is 9. The first kappa shape index (κ1) is 27.7. The summed E-state index contributed by atoms with van der Waals surface area (Å²) in [7, 11) is 1.73. The fraction of sp³-hybridized carbons (Fsp3) is 0.300. The van der Waals surface area contributed by atoms with Gasteiger partial charge in [0.15, 0.2) is 11.4 Å². The van der Waals surface area contributed by atoms with Crippen LogP contribution in [0.15, 0.2) is 71.3 Å². The minimum Gasteiger partial charge on any atom is -0.436 e. The van der Waals surface area contributed by atoms with Crippen molar-refractivity contribution in [1.29, 1.82) is 0 Å². The number of rotatable bonds is 7. The first-order valence-electron chi connectivity index (χ1n) is 14.1. The average molecular weight is 600 g/mol. The lowest BCUT2D eigenvalue weighted by atomic mass is 10.0. The van der Waals surface area contributed by atoms with Crippen molar-refractivity contribution in [2.45, 2.75) is 18.4 Å². The number of benzene rings is 2. The molecule has 14 heteroatoms. The third-order valence-electron chi connectivity index (χ3n) is 7.87. The molecule has 2 amide bonds. The molecule has 1 aliphatic heterocycles. The van der Waals surface area contributed by atoms with Crippen LogP contribution in [0.2, 0.25) is 0 Å². The maximum Gasteiger partial charge on any atom is 0.272 e. The van der Waals surface area contributed by atoms with Crippen LogP contribution in [0.4, 0.5) is 14.5 Å². The molecule has 1 N–H and O–H groups in total. The average Bonchev–Trinajstić information content (AvgIpc) is 3.32. The van der Waals surface area contributed by atoms with Crippen LogP contribution in [0.25, 0.3) is 22.6 Å². The fourth-order valence-electron chi connectivity index (χ4n) is 5.45. The fourth-order valence-corrected chi connectivity index (χ4v) is 5.45. The lowest BCUT2D eigenvalue weighted by molar-refractivity contribution is -0.119. The Morgan fingerprint density at radius 3 is 2.52 bits per heavy atom. The number of pyridine rings is 1. The number of carbonyl (C=O) groups is 2. The van der Waals surface area contributed by atoms with Gasteiger partial charge in [-0.15, -0.1) is 10.2 Å². The standard InChI is InChI=1S/C30H27F2N9O3/c1-39-37-26(36-38-39)25(18-5-3-2-4-6-18)40-11-13-41(14-12-40)29(43)23-15-19(9-10-33-23)28-35-22-16-20(7-8-24(22)44-28)34-27(42)21-17-30(21,31)32/h2-10,15-16,21,25H,11-14,17H2,1H3,(H,34,42)/t21-,25+/m0/s1. The van der Waals surface area contributed by atoms with E-state index in [1.807, 2.05) is 30.3 Å². The van der Waals surface area contributed by atoms with E-state index in [9.17, 15) is 18.4 Å². The molecular weight excluding hydrogens is 572 g/mol. The van der Waals surface area contributed by atoms with E-state index in [-0.39, 0.29) is 23.5 Å². The van der Waals surface area contributed by atoms with Crippen LogP contribution in [0.3, 0.4) is 0 Å². The summed E-state index contributed by atoms with van der Waals surface area (Å²) in [6.45, 7) is 2.17. The number of halogens is 2. The van der Waals surface area contributed by atoms with Gasteiger partial charge in [-0.1, -0.05) is 30.3 Å². The van der Waals surface area contributed by atoms with Crippen LogP contribution in [-0.2, 0) is 11.8 Å². The number of nitrogens with one attached hydrogen (secondary N) is 1. The lowest BCUT2D eigenvalue weighted by Crippen LogP contribution is -2.50. The van der Waals surface area contributed by atoms with Crippen molar-refractivity contribution in [2.24, 2.45) is 13.0 Å². The number of piperazine rings is 1. The third-order valence-corrected chi connectivity index (χ3v) is 7.87. The normalized spacial score (nSPS) is 18.7. The molecule has 4 heterocycles. The van der Waals surface area contributed by atoms with Gasteiger partial charge in [-0.25, -0.2) is 13.8 Å². The molecule has 1 saturated carbocycles. The molecule has 3 aromatic heterocycles. The van der Waals surface area contributed by atoms with Gasteiger partial charge >= 0.3 is 0 Å². The molecule has 5 aromatic rings. The maximum absolute atomic E-state index is 13.5. The Labute approximate surface area is 249 Å². The van der Waals surface area contributed by atoms with E-state index in [0.29, 0.717) is 54.4 Å². The topological polar surface area (TPSA) is 135 Å². The monoisotopic (exact) mass is 599 g/mol. The summed E-state index contributed by atoms with van der Waals surface area (Å²) in [5, 5.41) is 15.3. The number of aryl methyl sites for hydroxylation is 1. The molecule has 44 heavy (non-hydrogen) atoms. The molecule has 12 nitrogen and oxygen atoms in total. The summed E-state index contributed by atoms with van der Waals surface area (Å²) in [5.41, 5.74) is 3.09. The Morgan fingerprint density at radius 2 is 1.82 bits per heavy atom. The summed E-state index contributed by atoms with van der Waals surface area (Å²) < 4.78 is 32.4. The number of fused-ring (bicyclic) bond motifs is 1. The van der Waals surface area contributed by atoms with Crippen LogP contribution in [0.1, 0.15) is 34.3 Å². The van der Waals surface area contributed by atoms with Crippen LogP contribution < -0.4 is 5.32 Å². The van der Waals surface area contributed by atoms with Gasteiger partial charge in [0.2, 0.25) is 11.8 Å². The van der Waals surface area contributed by atoms with Crippen molar-refractivity contribution in [2.75, 3.05) is 31.5 Å². The number of alkyl halides is 2. The number of carbonyl (C=O) groups excluding carboxylic acids is 2. The second-order valence-corrected chi connectivity index (χ2v) is 10.9. The highest BCUT2D eigenvalue weighted by atomic mass is 19.3. The number of tetrazole rings is 1. The lowest BCUT2D eigenvalue weighted by Gasteiger charge is -2.38. The van der Waals surface area contributed by atoms with Gasteiger partial charge in [-0.05, 0) is 41.1 Å². The number of oxazole rings is 1. The molecule has 2 aliphatic rings. The second-order valence-electron chi connectivity index (χ2n) is 10.9. The van der Waals surface area contributed by atoms with Crippen molar-refractivity contribution in [3.8, 4) is 11.5 Å². The molecule has 1 saturated heterocycles. The molecule has 0 bridgehead atoms.